The van der Waals surface area contributed by atoms with Crippen LogP contribution < -0.4 is 10.2 Å². The number of nitrogens with one attached hydrogen (secondary N) is 1. The number of benzene rings is 1. The van der Waals surface area contributed by atoms with Gasteiger partial charge in [-0.05, 0) is 56.7 Å². The van der Waals surface area contributed by atoms with Crippen molar-refractivity contribution in [1.29, 1.82) is 0 Å². The van der Waals surface area contributed by atoms with Gasteiger partial charge in [-0.15, -0.1) is 0 Å². The maximum atomic E-state index is 13.8. The van der Waals surface area contributed by atoms with Crippen LogP contribution in [0.4, 0.5) is 19.7 Å². The Labute approximate surface area is 163 Å². The fraction of sp³-hybridized carbons (Fsp3) is 0.550. The van der Waals surface area contributed by atoms with Crippen molar-refractivity contribution in [2.75, 3.05) is 18.0 Å². The van der Waals surface area contributed by atoms with Gasteiger partial charge in [0, 0.05) is 24.8 Å². The van der Waals surface area contributed by atoms with Gasteiger partial charge in [-0.2, -0.15) is 4.99 Å². The van der Waals surface area contributed by atoms with Crippen molar-refractivity contribution in [2.24, 2.45) is 10.9 Å². The number of halogens is 1. The van der Waals surface area contributed by atoms with E-state index < -0.39 is 23.5 Å². The first-order chi connectivity index (χ1) is 13.4. The van der Waals surface area contributed by atoms with E-state index in [1.807, 2.05) is 0 Å². The maximum Gasteiger partial charge on any atom is 0.410 e. The molecule has 2 fully saturated rings. The second-order valence-corrected chi connectivity index (χ2v) is 8.12. The smallest absolute Gasteiger partial charge is 0.410 e. The number of likely N-dealkylation sites (tertiary alicyclic amines) is 1. The number of amides is 3. The van der Waals surface area contributed by atoms with Crippen molar-refractivity contribution in [3.8, 4) is 0 Å². The summed E-state index contributed by atoms with van der Waals surface area (Å²) in [7, 11) is 0. The summed E-state index contributed by atoms with van der Waals surface area (Å²) >= 11 is 0. The summed E-state index contributed by atoms with van der Waals surface area (Å²) in [6.45, 7) is 3.87. The van der Waals surface area contributed by atoms with E-state index in [-0.39, 0.29) is 11.9 Å². The lowest BCUT2D eigenvalue weighted by molar-refractivity contribution is 0.0899. The fourth-order valence-electron chi connectivity index (χ4n) is 4.72. The summed E-state index contributed by atoms with van der Waals surface area (Å²) in [5, 5.41) is 11.6. The first-order valence-corrected chi connectivity index (χ1v) is 9.82. The minimum Gasteiger partial charge on any atom is -0.465 e. The molecule has 0 aromatic heterocycles. The van der Waals surface area contributed by atoms with Gasteiger partial charge in [0.1, 0.15) is 17.2 Å². The molecule has 0 bridgehead atoms. The van der Waals surface area contributed by atoms with Crippen LogP contribution in [-0.4, -0.2) is 52.6 Å². The summed E-state index contributed by atoms with van der Waals surface area (Å²) in [6.07, 6.45) is 3.65. The molecule has 1 saturated heterocycles. The zero-order valence-electron chi connectivity index (χ0n) is 15.9. The molecule has 3 amide bonds. The van der Waals surface area contributed by atoms with E-state index >= 15 is 0 Å². The Morgan fingerprint density at radius 3 is 2.82 bits per heavy atom. The molecule has 1 spiro atoms. The lowest BCUT2D eigenvalue weighted by Gasteiger charge is -2.49. The Morgan fingerprint density at radius 1 is 1.43 bits per heavy atom. The number of carbonyl (C=O) groups is 2. The number of hydrogen-bond acceptors (Lipinski definition) is 3. The summed E-state index contributed by atoms with van der Waals surface area (Å²) < 4.78 is 13.8. The number of aliphatic imine (C=N–C) groups is 1. The second-order valence-electron chi connectivity index (χ2n) is 8.12. The molecule has 1 aliphatic carbocycles. The van der Waals surface area contributed by atoms with Gasteiger partial charge >= 0.3 is 12.1 Å². The van der Waals surface area contributed by atoms with Crippen LogP contribution >= 0.6 is 0 Å². The molecule has 1 saturated carbocycles. The van der Waals surface area contributed by atoms with E-state index in [0.717, 1.165) is 19.0 Å². The number of hydrogen-bond donors (Lipinski definition) is 2. The van der Waals surface area contributed by atoms with Crippen molar-refractivity contribution in [3.05, 3.63) is 30.1 Å². The zero-order chi connectivity index (χ0) is 19.9. The standard InChI is InChI=1S/C20H25FN4O3/c1-13-11-20(8-9-24(13)12-14-4-2-5-14)17(23-19(27)28)22-18(26)25(20)16-7-3-6-15(21)10-16/h3,6-7,10,13-14H,2,4-5,8-9,11-12H2,1H3,(H,27,28)(H,22,23,26)/t13-,20+/m0/s1. The third-order valence-electron chi connectivity index (χ3n) is 6.35. The van der Waals surface area contributed by atoms with E-state index in [0.29, 0.717) is 18.5 Å². The molecule has 2 heterocycles. The van der Waals surface area contributed by atoms with Gasteiger partial charge < -0.3 is 10.0 Å². The average Bonchev–Trinajstić information content (AvgIpc) is 2.83. The van der Waals surface area contributed by atoms with Crippen LogP contribution in [0.15, 0.2) is 29.3 Å². The Morgan fingerprint density at radius 2 is 2.21 bits per heavy atom. The number of urea groups is 1. The number of nitrogens with zero attached hydrogens (tertiary/aromatic N) is 3. The average molecular weight is 388 g/mol. The highest BCUT2D eigenvalue weighted by Crippen LogP contribution is 2.41. The van der Waals surface area contributed by atoms with Crippen LogP contribution in [-0.2, 0) is 0 Å². The normalized spacial score (nSPS) is 28.4. The van der Waals surface area contributed by atoms with Crippen LogP contribution in [0.3, 0.4) is 0 Å². The molecule has 0 unspecified atom stereocenters. The predicted octanol–water partition coefficient (Wildman–Crippen LogP) is 3.46. The SMILES string of the molecule is C[C@H]1C[C@]2(CCN1CC1CCC1)C(NC(=O)O)=NC(=O)N2c1cccc(F)c1. The van der Waals surface area contributed by atoms with Crippen LogP contribution in [0.5, 0.6) is 0 Å². The molecule has 8 heteroatoms. The summed E-state index contributed by atoms with van der Waals surface area (Å²) in [5.74, 6) is 0.422. The molecule has 2 aliphatic heterocycles. The number of carboxylic acid groups (broad SMARTS) is 1. The highest BCUT2D eigenvalue weighted by molar-refractivity contribution is 6.18. The summed E-state index contributed by atoms with van der Waals surface area (Å²) in [5.41, 5.74) is -0.505. The van der Waals surface area contributed by atoms with E-state index in [9.17, 15) is 19.1 Å². The molecule has 150 valence electrons. The second kappa shape index (κ2) is 7.16. The molecule has 28 heavy (non-hydrogen) atoms. The number of rotatable bonds is 3. The highest BCUT2D eigenvalue weighted by atomic mass is 19.1. The predicted molar refractivity (Wildman–Crippen MR) is 103 cm³/mol. The molecule has 2 N–H and O–H groups in total. The lowest BCUT2D eigenvalue weighted by atomic mass is 9.79. The highest BCUT2D eigenvalue weighted by Gasteiger charge is 2.54. The Bertz CT molecular complexity index is 825. The number of carbonyl (C=O) groups excluding carboxylic acids is 1. The zero-order valence-corrected chi connectivity index (χ0v) is 15.9. The fourth-order valence-corrected chi connectivity index (χ4v) is 4.72. The Kier molecular flexibility index (Phi) is 4.82. The quantitative estimate of drug-likeness (QED) is 0.830. The van der Waals surface area contributed by atoms with Crippen LogP contribution in [0.2, 0.25) is 0 Å². The minimum atomic E-state index is -1.25. The molecule has 7 nitrogen and oxygen atoms in total. The molecule has 1 aromatic rings. The van der Waals surface area contributed by atoms with Crippen molar-refractivity contribution in [3.63, 3.8) is 0 Å². The van der Waals surface area contributed by atoms with Crippen LogP contribution in [0, 0.1) is 11.7 Å². The van der Waals surface area contributed by atoms with Crippen molar-refractivity contribution >= 4 is 23.6 Å². The monoisotopic (exact) mass is 388 g/mol. The van der Waals surface area contributed by atoms with E-state index in [1.54, 1.807) is 12.1 Å². The van der Waals surface area contributed by atoms with Gasteiger partial charge in [-0.1, -0.05) is 12.5 Å². The van der Waals surface area contributed by atoms with Gasteiger partial charge in [0.05, 0.1) is 0 Å². The Hall–Kier alpha value is -2.48. The summed E-state index contributed by atoms with van der Waals surface area (Å²) in [4.78, 5) is 32.0. The molecule has 2 atom stereocenters. The van der Waals surface area contributed by atoms with E-state index in [1.165, 1.54) is 36.3 Å². The van der Waals surface area contributed by atoms with Crippen LogP contribution in [0.25, 0.3) is 0 Å². The van der Waals surface area contributed by atoms with Gasteiger partial charge in [-0.25, -0.2) is 14.0 Å². The minimum absolute atomic E-state index is 0.143. The van der Waals surface area contributed by atoms with E-state index in [4.69, 9.17) is 0 Å². The number of amidine groups is 1. The van der Waals surface area contributed by atoms with Gasteiger partial charge in [0.25, 0.3) is 0 Å². The van der Waals surface area contributed by atoms with Gasteiger partial charge in [-0.3, -0.25) is 10.2 Å². The largest absolute Gasteiger partial charge is 0.465 e. The van der Waals surface area contributed by atoms with Crippen molar-refractivity contribution in [2.45, 2.75) is 50.6 Å². The van der Waals surface area contributed by atoms with E-state index in [2.05, 4.69) is 22.1 Å². The molecule has 3 aliphatic rings. The van der Waals surface area contributed by atoms with Gasteiger partial charge in [0.15, 0.2) is 0 Å². The van der Waals surface area contributed by atoms with Gasteiger partial charge in [0.2, 0.25) is 0 Å². The molecule has 1 aromatic carbocycles. The number of anilines is 1. The topological polar surface area (TPSA) is 85.2 Å². The Balaban J connectivity index is 1.65. The van der Waals surface area contributed by atoms with Crippen molar-refractivity contribution < 1.29 is 19.1 Å². The molecular formula is C20H25FN4O3. The molecule has 4 rings (SSSR count). The first-order valence-electron chi connectivity index (χ1n) is 9.82. The molecular weight excluding hydrogens is 363 g/mol. The van der Waals surface area contributed by atoms with Crippen molar-refractivity contribution in [1.82, 2.24) is 10.2 Å². The maximum absolute atomic E-state index is 13.8. The summed E-state index contributed by atoms with van der Waals surface area (Å²) in [6, 6.07) is 5.41. The third kappa shape index (κ3) is 3.26. The third-order valence-corrected chi connectivity index (χ3v) is 6.35. The number of piperidine rings is 1. The molecule has 0 radical (unpaired) electrons. The van der Waals surface area contributed by atoms with Crippen LogP contribution in [0.1, 0.15) is 39.0 Å². The lowest BCUT2D eigenvalue weighted by Crippen LogP contribution is -2.63. The first kappa shape index (κ1) is 18.9.